The Kier molecular flexibility index (Phi) is 12.7. The SMILES string of the molecule is CC(C)(C)OC(=O)NCCn1nnnc1SCC1=C(C(=O)O)N2C(=O)C(NC(=O)/C(=N\OC(C(=O)OC(C)(C)C)c3ccccc3)c3nsc(N)n3)[C@H]2SC1. The van der Waals surface area contributed by atoms with Crippen molar-refractivity contribution in [2.45, 2.75) is 82.0 Å². The summed E-state index contributed by atoms with van der Waals surface area (Å²) >= 11 is 3.20. The number of aromatic nitrogens is 6. The Morgan fingerprint density at radius 1 is 1.11 bits per heavy atom. The predicted octanol–water partition coefficient (Wildman–Crippen LogP) is 1.97. The van der Waals surface area contributed by atoms with Crippen molar-refractivity contribution in [2.75, 3.05) is 23.8 Å². The third-order valence-corrected chi connectivity index (χ3v) is 10.2. The van der Waals surface area contributed by atoms with Gasteiger partial charge in [0.1, 0.15) is 28.3 Å². The van der Waals surface area contributed by atoms with Crippen molar-refractivity contribution in [1.82, 2.24) is 45.1 Å². The largest absolute Gasteiger partial charge is 0.477 e. The van der Waals surface area contributed by atoms with E-state index in [0.29, 0.717) is 16.3 Å². The molecule has 294 valence electrons. The number of nitrogen functional groups attached to an aromatic ring is 1. The van der Waals surface area contributed by atoms with Gasteiger partial charge in [-0.25, -0.2) is 19.1 Å². The number of carbonyl (C=O) groups excluding carboxylic acids is 4. The van der Waals surface area contributed by atoms with E-state index in [4.69, 9.17) is 20.0 Å². The first-order valence-electron chi connectivity index (χ1n) is 16.6. The van der Waals surface area contributed by atoms with Crippen LogP contribution in [-0.2, 0) is 40.0 Å². The number of fused-ring (bicyclic) bond motifs is 1. The van der Waals surface area contributed by atoms with Gasteiger partial charge in [0.2, 0.25) is 22.8 Å². The van der Waals surface area contributed by atoms with Crippen LogP contribution < -0.4 is 16.4 Å². The van der Waals surface area contributed by atoms with Crippen molar-refractivity contribution >= 4 is 75.7 Å². The summed E-state index contributed by atoms with van der Waals surface area (Å²) in [6.45, 7) is 10.7. The summed E-state index contributed by atoms with van der Waals surface area (Å²) in [6, 6.07) is 7.22. The van der Waals surface area contributed by atoms with E-state index in [1.165, 1.54) is 16.4 Å². The lowest BCUT2D eigenvalue weighted by molar-refractivity contribution is -0.169. The summed E-state index contributed by atoms with van der Waals surface area (Å²) in [5, 5.41) is 30.6. The van der Waals surface area contributed by atoms with Crippen LogP contribution >= 0.6 is 35.1 Å². The summed E-state index contributed by atoms with van der Waals surface area (Å²) in [7, 11) is 0. The highest BCUT2D eigenvalue weighted by Gasteiger charge is 2.54. The fraction of sp³-hybridized carbons (Fsp3) is 0.469. The summed E-state index contributed by atoms with van der Waals surface area (Å²) in [4.78, 5) is 75.7. The number of benzene rings is 1. The molecule has 3 atom stereocenters. The van der Waals surface area contributed by atoms with Gasteiger partial charge in [0.05, 0.1) is 6.54 Å². The lowest BCUT2D eigenvalue weighted by atomic mass is 10.0. The Morgan fingerprint density at radius 3 is 2.45 bits per heavy atom. The smallest absolute Gasteiger partial charge is 0.407 e. The minimum Gasteiger partial charge on any atom is -0.477 e. The number of esters is 1. The van der Waals surface area contributed by atoms with Crippen molar-refractivity contribution in [1.29, 1.82) is 0 Å². The fourth-order valence-corrected chi connectivity index (χ4v) is 7.84. The Balaban J connectivity index is 1.28. The second kappa shape index (κ2) is 17.0. The maximum Gasteiger partial charge on any atom is 0.407 e. The summed E-state index contributed by atoms with van der Waals surface area (Å²) in [6.07, 6.45) is -1.98. The van der Waals surface area contributed by atoms with Gasteiger partial charge in [-0.15, -0.1) is 16.9 Å². The molecule has 3 amide bonds. The van der Waals surface area contributed by atoms with Gasteiger partial charge in [0, 0.05) is 35.1 Å². The van der Waals surface area contributed by atoms with Crippen molar-refractivity contribution < 1.29 is 43.4 Å². The number of hydrogen-bond acceptors (Lipinski definition) is 18. The van der Waals surface area contributed by atoms with Crippen molar-refractivity contribution in [3.8, 4) is 0 Å². The van der Waals surface area contributed by atoms with Gasteiger partial charge < -0.3 is 35.8 Å². The third kappa shape index (κ3) is 10.5. The molecule has 5 rings (SSSR count). The Hall–Kier alpha value is -5.29. The maximum atomic E-state index is 13.7. The zero-order chi connectivity index (χ0) is 40.1. The summed E-state index contributed by atoms with van der Waals surface area (Å²) < 4.78 is 16.3. The fourth-order valence-electron chi connectivity index (χ4n) is 5.02. The molecular weight excluding hydrogens is 779 g/mol. The van der Waals surface area contributed by atoms with Gasteiger partial charge >= 0.3 is 18.0 Å². The second-order valence-electron chi connectivity index (χ2n) is 13.8. The van der Waals surface area contributed by atoms with E-state index in [9.17, 15) is 29.1 Å². The van der Waals surface area contributed by atoms with Gasteiger partial charge in [0.15, 0.2) is 5.13 Å². The van der Waals surface area contributed by atoms with E-state index in [-0.39, 0.29) is 41.2 Å². The summed E-state index contributed by atoms with van der Waals surface area (Å²) in [5.74, 6) is -3.58. The number of nitrogens with zero attached hydrogens (tertiary/aromatic N) is 8. The number of tetrazole rings is 1. The number of carbonyl (C=O) groups is 5. The molecule has 4 heterocycles. The number of ether oxygens (including phenoxy) is 2. The first kappa shape index (κ1) is 40.9. The first-order valence-corrected chi connectivity index (χ1v) is 19.4. The molecule has 1 fully saturated rings. The number of hydrogen-bond donors (Lipinski definition) is 4. The van der Waals surface area contributed by atoms with Crippen LogP contribution in [-0.4, -0.2) is 116 Å². The number of nitrogens with one attached hydrogen (secondary N) is 2. The van der Waals surface area contributed by atoms with E-state index in [0.717, 1.165) is 28.2 Å². The lowest BCUT2D eigenvalue weighted by Crippen LogP contribution is -2.71. The number of carboxylic acid groups (broad SMARTS) is 1. The van der Waals surface area contributed by atoms with Gasteiger partial charge in [0.25, 0.3) is 11.8 Å². The van der Waals surface area contributed by atoms with Crippen LogP contribution in [0.4, 0.5) is 9.93 Å². The molecule has 2 aromatic heterocycles. The highest BCUT2D eigenvalue weighted by atomic mass is 32.2. The van der Waals surface area contributed by atoms with Crippen molar-refractivity contribution in [3.63, 3.8) is 0 Å². The molecule has 2 aliphatic rings. The number of nitrogens with two attached hydrogens (primary N) is 1. The number of oxime groups is 1. The molecule has 0 spiro atoms. The zero-order valence-electron chi connectivity index (χ0n) is 30.5. The van der Waals surface area contributed by atoms with Crippen LogP contribution in [0, 0.1) is 0 Å². The number of aliphatic carboxylic acids is 1. The van der Waals surface area contributed by atoms with Gasteiger partial charge in [-0.1, -0.05) is 47.2 Å². The van der Waals surface area contributed by atoms with Gasteiger partial charge in [-0.2, -0.15) is 9.36 Å². The molecule has 5 N–H and O–H groups in total. The average molecular weight is 818 g/mol. The Bertz CT molecular complexity index is 1990. The molecule has 0 aliphatic carbocycles. The van der Waals surface area contributed by atoms with Crippen LogP contribution in [0.25, 0.3) is 0 Å². The quantitative estimate of drug-likeness (QED) is 0.0595. The minimum atomic E-state index is -1.38. The molecule has 3 aromatic rings. The van der Waals surface area contributed by atoms with Crippen LogP contribution in [0.15, 0.2) is 51.9 Å². The van der Waals surface area contributed by atoms with Crippen molar-refractivity contribution in [2.24, 2.45) is 5.16 Å². The van der Waals surface area contributed by atoms with E-state index >= 15 is 0 Å². The van der Waals surface area contributed by atoms with E-state index < -0.39 is 64.3 Å². The topological polar surface area (TPSA) is 268 Å². The average Bonchev–Trinajstić information content (AvgIpc) is 3.74. The van der Waals surface area contributed by atoms with Crippen molar-refractivity contribution in [3.05, 3.63) is 53.0 Å². The number of carboxylic acids is 1. The molecule has 2 aliphatic heterocycles. The standard InChI is InChI=1S/C32H39N11O9S3/c1-31(2,3)50-27(48)21(16-10-8-7-9-11-16)52-38-18(22-36-28(33)55-39-22)23(44)35-19-24(45)43-20(26(46)47)17(14-53-25(19)43)15-54-29-37-40-41-42(29)13-12-34-30(49)51-32(4,5)6/h7-11,19,21,25H,12-15H2,1-6H3,(H,34,49)(H,35,44)(H,46,47)(H2,33,36,39)/b38-18-/t19?,21?,25-/m1/s1. The van der Waals surface area contributed by atoms with Crippen LogP contribution in [0.2, 0.25) is 0 Å². The first-order chi connectivity index (χ1) is 25.9. The monoisotopic (exact) mass is 817 g/mol. The van der Waals surface area contributed by atoms with E-state index in [1.54, 1.807) is 71.9 Å². The zero-order valence-corrected chi connectivity index (χ0v) is 33.0. The number of alkyl carbamates (subject to hydrolysis) is 1. The number of β-lactam (4-membered cyclic amide) rings is 1. The van der Waals surface area contributed by atoms with Crippen LogP contribution in [0.5, 0.6) is 0 Å². The Labute approximate surface area is 327 Å². The molecule has 1 aromatic carbocycles. The second-order valence-corrected chi connectivity index (χ2v) is 16.7. The number of thioether (sulfide) groups is 2. The molecule has 0 saturated carbocycles. The molecule has 23 heteroatoms. The molecule has 20 nitrogen and oxygen atoms in total. The molecular formula is C32H39N11O9S3. The summed E-state index contributed by atoms with van der Waals surface area (Å²) in [5.41, 5.74) is 4.40. The van der Waals surface area contributed by atoms with E-state index in [2.05, 4.69) is 40.7 Å². The Morgan fingerprint density at radius 2 is 1.82 bits per heavy atom. The number of rotatable bonds is 14. The van der Waals surface area contributed by atoms with Gasteiger partial charge in [-0.3, -0.25) is 14.5 Å². The molecule has 0 bridgehead atoms. The maximum absolute atomic E-state index is 13.7. The van der Waals surface area contributed by atoms with Crippen LogP contribution in [0.3, 0.4) is 0 Å². The minimum absolute atomic E-state index is 0.0177. The van der Waals surface area contributed by atoms with E-state index in [1.807, 2.05) is 0 Å². The normalized spacial score (nSPS) is 17.8. The highest BCUT2D eigenvalue weighted by molar-refractivity contribution is 8.01. The van der Waals surface area contributed by atoms with Crippen LogP contribution in [0.1, 0.15) is 59.0 Å². The number of anilines is 1. The molecule has 55 heavy (non-hydrogen) atoms. The lowest BCUT2D eigenvalue weighted by Gasteiger charge is -2.49. The number of amides is 3. The highest BCUT2D eigenvalue weighted by Crippen LogP contribution is 2.41. The van der Waals surface area contributed by atoms with Gasteiger partial charge in [-0.05, 0) is 57.5 Å². The third-order valence-electron chi connectivity index (χ3n) is 7.24. The molecule has 0 radical (unpaired) electrons. The molecule has 2 unspecified atom stereocenters. The predicted molar refractivity (Wildman–Crippen MR) is 199 cm³/mol. The molecule has 1 saturated heterocycles.